The van der Waals surface area contributed by atoms with Gasteiger partial charge in [0.15, 0.2) is 30.3 Å². The standard InChI is InChI=1S/C24H45N3O14/c1-2-3-4-5-11(31)24(8-30)20(35)17(34)14(27)23(41-24)40-19-10(7-29)38-22(13(26)16(19)33)39-18-9(6-28)37-21(36)12(25)15(18)32/h9-10,12-23,28-30,32-36H,2-8,25-27H2,1H3/t9-,10-,12-,13-,14-,15-,16-,17-,18?,19?,20+,21-,22+,23+,24+/m1/s1. The van der Waals surface area contributed by atoms with Gasteiger partial charge in [0.2, 0.25) is 0 Å². The second kappa shape index (κ2) is 14.7. The predicted molar refractivity (Wildman–Crippen MR) is 135 cm³/mol. The Balaban J connectivity index is 1.78. The minimum atomic E-state index is -2.27. The molecule has 3 fully saturated rings. The molecule has 3 aliphatic rings. The van der Waals surface area contributed by atoms with Gasteiger partial charge in [-0.1, -0.05) is 19.8 Å². The fraction of sp³-hybridized carbons (Fsp3) is 0.958. The van der Waals surface area contributed by atoms with Gasteiger partial charge < -0.3 is 81.7 Å². The second-order valence-electron chi connectivity index (χ2n) is 10.7. The summed E-state index contributed by atoms with van der Waals surface area (Å²) in [4.78, 5) is 13.0. The summed E-state index contributed by atoms with van der Waals surface area (Å²) in [5.41, 5.74) is 15.6. The molecule has 2 unspecified atom stereocenters. The molecule has 0 amide bonds. The van der Waals surface area contributed by atoms with Gasteiger partial charge in [0, 0.05) is 6.42 Å². The molecule has 0 aromatic rings. The normalized spacial score (nSPS) is 47.3. The van der Waals surface area contributed by atoms with Crippen molar-refractivity contribution in [2.24, 2.45) is 17.2 Å². The molecule has 0 aromatic carbocycles. The van der Waals surface area contributed by atoms with Crippen molar-refractivity contribution in [3.8, 4) is 0 Å². The number of ether oxygens (including phenoxy) is 5. The van der Waals surface area contributed by atoms with Crippen molar-refractivity contribution in [1.82, 2.24) is 0 Å². The Morgan fingerprint density at radius 3 is 1.88 bits per heavy atom. The van der Waals surface area contributed by atoms with E-state index in [1.54, 1.807) is 0 Å². The maximum atomic E-state index is 13.0. The van der Waals surface area contributed by atoms with Crippen LogP contribution in [0.2, 0.25) is 0 Å². The lowest BCUT2D eigenvalue weighted by atomic mass is 9.81. The van der Waals surface area contributed by atoms with Crippen LogP contribution in [0.15, 0.2) is 0 Å². The molecule has 3 rings (SSSR count). The third-order valence-corrected chi connectivity index (χ3v) is 7.95. The first kappa shape index (κ1) is 34.5. The largest absolute Gasteiger partial charge is 0.394 e. The SMILES string of the molecule is CCCCCC(=O)[C@]1(CO)O[C@H](OC2[C@@H](CO)O[C@@H](OC3[C@@H](CO)O[C@@H](O)[C@H](N)[C@H]3O)[C@H](N)[C@H]2O)[C@H](N)[C@@H](O)[C@@H]1O. The molecule has 41 heavy (non-hydrogen) atoms. The van der Waals surface area contributed by atoms with Gasteiger partial charge in [-0.2, -0.15) is 0 Å². The molecule has 17 heteroatoms. The van der Waals surface area contributed by atoms with Crippen LogP contribution in [0.3, 0.4) is 0 Å². The van der Waals surface area contributed by atoms with E-state index in [1.807, 2.05) is 6.92 Å². The average Bonchev–Trinajstić information content (AvgIpc) is 2.96. The monoisotopic (exact) mass is 599 g/mol. The van der Waals surface area contributed by atoms with Gasteiger partial charge in [-0.15, -0.1) is 0 Å². The highest BCUT2D eigenvalue weighted by atomic mass is 16.7. The number of aliphatic hydroxyl groups is 8. The summed E-state index contributed by atoms with van der Waals surface area (Å²) in [6, 6.07) is -4.18. The van der Waals surface area contributed by atoms with Crippen LogP contribution < -0.4 is 17.2 Å². The molecule has 0 aliphatic carbocycles. The van der Waals surface area contributed by atoms with Crippen LogP contribution in [0.25, 0.3) is 0 Å². The van der Waals surface area contributed by atoms with E-state index >= 15 is 0 Å². The minimum Gasteiger partial charge on any atom is -0.394 e. The van der Waals surface area contributed by atoms with E-state index in [0.29, 0.717) is 12.8 Å². The minimum absolute atomic E-state index is 0.0648. The van der Waals surface area contributed by atoms with Crippen LogP contribution in [0.4, 0.5) is 0 Å². The molecule has 17 nitrogen and oxygen atoms in total. The van der Waals surface area contributed by atoms with Crippen molar-refractivity contribution in [1.29, 1.82) is 0 Å². The quantitative estimate of drug-likeness (QED) is 0.0929. The molecule has 0 spiro atoms. The fourth-order valence-corrected chi connectivity index (χ4v) is 5.28. The Morgan fingerprint density at radius 2 is 1.32 bits per heavy atom. The van der Waals surface area contributed by atoms with E-state index < -0.39 is 117 Å². The molecule has 0 aromatic heterocycles. The van der Waals surface area contributed by atoms with E-state index in [-0.39, 0.29) is 6.42 Å². The number of unbranched alkanes of at least 4 members (excludes halogenated alkanes) is 2. The summed E-state index contributed by atoms with van der Waals surface area (Å²) in [6.45, 7) is -0.524. The molecule has 0 radical (unpaired) electrons. The lowest BCUT2D eigenvalue weighted by Crippen LogP contribution is -2.73. The van der Waals surface area contributed by atoms with Crippen molar-refractivity contribution in [2.45, 2.75) is 124 Å². The maximum Gasteiger partial charge on any atom is 0.180 e. The number of carbonyl (C=O) groups is 1. The number of aliphatic hydroxyl groups excluding tert-OH is 8. The molecule has 3 aliphatic heterocycles. The van der Waals surface area contributed by atoms with Gasteiger partial charge in [0.1, 0.15) is 48.8 Å². The van der Waals surface area contributed by atoms with Gasteiger partial charge >= 0.3 is 0 Å². The fourth-order valence-electron chi connectivity index (χ4n) is 5.28. The lowest BCUT2D eigenvalue weighted by Gasteiger charge is -2.50. The van der Waals surface area contributed by atoms with Crippen molar-refractivity contribution < 1.29 is 69.3 Å². The number of hydrogen-bond acceptors (Lipinski definition) is 17. The highest BCUT2D eigenvalue weighted by molar-refractivity contribution is 5.88. The van der Waals surface area contributed by atoms with Crippen molar-refractivity contribution in [2.75, 3.05) is 19.8 Å². The van der Waals surface area contributed by atoms with Gasteiger partial charge in [-0.3, -0.25) is 4.79 Å². The summed E-state index contributed by atoms with van der Waals surface area (Å²) >= 11 is 0. The van der Waals surface area contributed by atoms with Gasteiger partial charge in [-0.05, 0) is 6.42 Å². The topological polar surface area (TPSA) is 303 Å². The Morgan fingerprint density at radius 1 is 0.780 bits per heavy atom. The summed E-state index contributed by atoms with van der Waals surface area (Å²) in [7, 11) is 0. The first-order valence-electron chi connectivity index (χ1n) is 13.7. The number of hydrogen-bond donors (Lipinski definition) is 11. The lowest BCUT2D eigenvalue weighted by molar-refractivity contribution is -0.355. The van der Waals surface area contributed by atoms with Crippen LogP contribution >= 0.6 is 0 Å². The molecule has 0 bridgehead atoms. The molecule has 14 N–H and O–H groups in total. The Labute approximate surface area is 236 Å². The molecule has 240 valence electrons. The van der Waals surface area contributed by atoms with E-state index in [1.165, 1.54) is 0 Å². The number of Topliss-reactive ketones (excluding diaryl/α,β-unsaturated/α-hetero) is 1. The van der Waals surface area contributed by atoms with E-state index in [2.05, 4.69) is 0 Å². The van der Waals surface area contributed by atoms with Gasteiger partial charge in [0.25, 0.3) is 0 Å². The molecular formula is C24H45N3O14. The van der Waals surface area contributed by atoms with Crippen LogP contribution in [-0.2, 0) is 28.5 Å². The number of rotatable bonds is 12. The summed E-state index contributed by atoms with van der Waals surface area (Å²) < 4.78 is 28.1. The first-order chi connectivity index (χ1) is 19.4. The van der Waals surface area contributed by atoms with Gasteiger partial charge in [-0.25, -0.2) is 0 Å². The maximum absolute atomic E-state index is 13.0. The summed E-state index contributed by atoms with van der Waals surface area (Å²) in [5, 5.41) is 82.4. The van der Waals surface area contributed by atoms with E-state index in [4.69, 9.17) is 40.9 Å². The Hall–Kier alpha value is -0.970. The highest BCUT2D eigenvalue weighted by Crippen LogP contribution is 2.35. The summed E-state index contributed by atoms with van der Waals surface area (Å²) in [5.74, 6) is -0.681. The van der Waals surface area contributed by atoms with Crippen LogP contribution in [0, 0.1) is 0 Å². The van der Waals surface area contributed by atoms with E-state index in [0.717, 1.165) is 6.42 Å². The van der Waals surface area contributed by atoms with Crippen LogP contribution in [0.5, 0.6) is 0 Å². The smallest absolute Gasteiger partial charge is 0.180 e. The Kier molecular flexibility index (Phi) is 12.4. The summed E-state index contributed by atoms with van der Waals surface area (Å²) in [6.07, 6.45) is -15.2. The molecule has 15 atom stereocenters. The molecule has 3 saturated heterocycles. The number of nitrogens with two attached hydrogens (primary N) is 3. The third-order valence-electron chi connectivity index (χ3n) is 7.95. The number of ketones is 1. The molecule has 0 saturated carbocycles. The first-order valence-corrected chi connectivity index (χ1v) is 13.7. The third kappa shape index (κ3) is 6.91. The van der Waals surface area contributed by atoms with Gasteiger partial charge in [0.05, 0.1) is 37.9 Å². The van der Waals surface area contributed by atoms with Crippen molar-refractivity contribution in [3.05, 3.63) is 0 Å². The zero-order chi connectivity index (χ0) is 30.6. The molecule has 3 heterocycles. The van der Waals surface area contributed by atoms with Crippen LogP contribution in [-0.4, -0.2) is 158 Å². The van der Waals surface area contributed by atoms with E-state index in [9.17, 15) is 45.6 Å². The van der Waals surface area contributed by atoms with Crippen LogP contribution in [0.1, 0.15) is 32.6 Å². The van der Waals surface area contributed by atoms with Crippen molar-refractivity contribution in [3.63, 3.8) is 0 Å². The molecular weight excluding hydrogens is 554 g/mol. The average molecular weight is 600 g/mol. The predicted octanol–water partition coefficient (Wildman–Crippen LogP) is -6.15. The zero-order valence-corrected chi connectivity index (χ0v) is 22.8. The Bertz CT molecular complexity index is 841. The van der Waals surface area contributed by atoms with Crippen molar-refractivity contribution >= 4 is 5.78 Å². The highest BCUT2D eigenvalue weighted by Gasteiger charge is 2.58. The zero-order valence-electron chi connectivity index (χ0n) is 22.8. The number of carbonyl (C=O) groups excluding carboxylic acids is 1. The second-order valence-corrected chi connectivity index (χ2v) is 10.7.